The second kappa shape index (κ2) is 5.06. The third kappa shape index (κ3) is 3.75. The molecule has 14 heavy (non-hydrogen) atoms. The minimum atomic E-state index is -0.800. The number of rotatable bonds is 4. The molecular weight excluding hydrogens is 184 g/mol. The Labute approximate surface area is 81.8 Å². The molecule has 0 aliphatic rings. The van der Waals surface area contributed by atoms with E-state index in [-0.39, 0.29) is 13.2 Å². The molecule has 0 unspecified atom stereocenters. The van der Waals surface area contributed by atoms with Gasteiger partial charge in [-0.05, 0) is 13.0 Å². The summed E-state index contributed by atoms with van der Waals surface area (Å²) in [5.74, 6) is 0.512. The van der Waals surface area contributed by atoms with Crippen LogP contribution in [0.15, 0.2) is 18.2 Å². The number of aryl methyl sites for hydroxylation is 1. The predicted molar refractivity (Wildman–Crippen MR) is 50.0 cm³/mol. The number of aromatic nitrogens is 1. The Bertz CT molecular complexity index is 315. The second-order valence-corrected chi connectivity index (χ2v) is 2.63. The van der Waals surface area contributed by atoms with Crippen molar-refractivity contribution < 1.29 is 14.3 Å². The Morgan fingerprint density at radius 3 is 2.93 bits per heavy atom. The first-order valence-electron chi connectivity index (χ1n) is 4.17. The molecule has 0 atom stereocenters. The van der Waals surface area contributed by atoms with Crippen molar-refractivity contribution in [3.8, 4) is 5.88 Å². The highest BCUT2D eigenvalue weighted by molar-refractivity contribution is 5.64. The highest BCUT2D eigenvalue weighted by Gasteiger charge is 1.96. The van der Waals surface area contributed by atoms with Crippen molar-refractivity contribution in [1.29, 1.82) is 0 Å². The number of amides is 1. The molecule has 1 amide bonds. The van der Waals surface area contributed by atoms with Crippen LogP contribution < -0.4 is 10.5 Å². The number of primary amides is 1. The summed E-state index contributed by atoms with van der Waals surface area (Å²) >= 11 is 0. The summed E-state index contributed by atoms with van der Waals surface area (Å²) in [6, 6.07) is 5.44. The van der Waals surface area contributed by atoms with Crippen molar-refractivity contribution >= 4 is 6.09 Å². The van der Waals surface area contributed by atoms with Crippen LogP contribution in [0.2, 0.25) is 0 Å². The van der Waals surface area contributed by atoms with Gasteiger partial charge in [0.25, 0.3) is 0 Å². The van der Waals surface area contributed by atoms with Gasteiger partial charge in [0, 0.05) is 11.8 Å². The molecule has 2 N–H and O–H groups in total. The summed E-state index contributed by atoms with van der Waals surface area (Å²) in [4.78, 5) is 14.3. The Hall–Kier alpha value is -1.78. The maximum atomic E-state index is 10.2. The molecular formula is C9H12N2O3. The first-order chi connectivity index (χ1) is 6.68. The van der Waals surface area contributed by atoms with E-state index in [1.807, 2.05) is 19.1 Å². The molecule has 0 saturated heterocycles. The fourth-order valence-electron chi connectivity index (χ4n) is 0.887. The van der Waals surface area contributed by atoms with Crippen LogP contribution in [0, 0.1) is 6.92 Å². The van der Waals surface area contributed by atoms with Crippen molar-refractivity contribution in [2.24, 2.45) is 5.73 Å². The van der Waals surface area contributed by atoms with Crippen LogP contribution in [0.4, 0.5) is 4.79 Å². The van der Waals surface area contributed by atoms with Crippen LogP contribution in [0.3, 0.4) is 0 Å². The third-order valence-corrected chi connectivity index (χ3v) is 1.44. The Kier molecular flexibility index (Phi) is 3.72. The summed E-state index contributed by atoms with van der Waals surface area (Å²) in [6.07, 6.45) is -0.800. The lowest BCUT2D eigenvalue weighted by Gasteiger charge is -2.05. The summed E-state index contributed by atoms with van der Waals surface area (Å²) in [5, 5.41) is 0. The fraction of sp³-hybridized carbons (Fsp3) is 0.333. The van der Waals surface area contributed by atoms with E-state index in [4.69, 9.17) is 10.5 Å². The van der Waals surface area contributed by atoms with Gasteiger partial charge in [0.1, 0.15) is 13.2 Å². The van der Waals surface area contributed by atoms with Crippen molar-refractivity contribution in [2.45, 2.75) is 6.92 Å². The Morgan fingerprint density at radius 2 is 2.29 bits per heavy atom. The maximum absolute atomic E-state index is 10.2. The summed E-state index contributed by atoms with van der Waals surface area (Å²) in [7, 11) is 0. The average Bonchev–Trinajstić information content (AvgIpc) is 2.12. The number of nitrogens with zero attached hydrogens (tertiary/aromatic N) is 1. The van der Waals surface area contributed by atoms with Crippen LogP contribution in [-0.4, -0.2) is 24.3 Å². The van der Waals surface area contributed by atoms with Gasteiger partial charge in [0.15, 0.2) is 0 Å². The van der Waals surface area contributed by atoms with E-state index in [9.17, 15) is 4.79 Å². The van der Waals surface area contributed by atoms with Gasteiger partial charge >= 0.3 is 6.09 Å². The summed E-state index contributed by atoms with van der Waals surface area (Å²) in [6.45, 7) is 2.25. The number of carbonyl (C=O) groups is 1. The Morgan fingerprint density at radius 1 is 1.50 bits per heavy atom. The van der Waals surface area contributed by atoms with E-state index >= 15 is 0 Å². The SMILES string of the molecule is Cc1cccc(OCCOC(N)=O)n1. The molecule has 5 heteroatoms. The van der Waals surface area contributed by atoms with Gasteiger partial charge < -0.3 is 15.2 Å². The molecule has 1 aromatic rings. The second-order valence-electron chi connectivity index (χ2n) is 2.63. The molecule has 0 saturated carbocycles. The monoisotopic (exact) mass is 196 g/mol. The molecule has 76 valence electrons. The van der Waals surface area contributed by atoms with Gasteiger partial charge in [-0.2, -0.15) is 0 Å². The smallest absolute Gasteiger partial charge is 0.404 e. The lowest BCUT2D eigenvalue weighted by Crippen LogP contribution is -2.17. The van der Waals surface area contributed by atoms with Crippen LogP contribution in [0.5, 0.6) is 5.88 Å². The molecule has 0 aromatic carbocycles. The molecule has 0 bridgehead atoms. The van der Waals surface area contributed by atoms with Gasteiger partial charge in [-0.1, -0.05) is 6.07 Å². The lowest BCUT2D eigenvalue weighted by atomic mass is 10.4. The van der Waals surface area contributed by atoms with Gasteiger partial charge in [-0.25, -0.2) is 9.78 Å². The van der Waals surface area contributed by atoms with Crippen LogP contribution in [-0.2, 0) is 4.74 Å². The highest BCUT2D eigenvalue weighted by atomic mass is 16.6. The molecule has 0 radical (unpaired) electrons. The standard InChI is InChI=1S/C9H12N2O3/c1-7-3-2-4-8(11-7)13-5-6-14-9(10)12/h2-4H,5-6H2,1H3,(H2,10,12). The normalized spacial score (nSPS) is 9.50. The fourth-order valence-corrected chi connectivity index (χ4v) is 0.887. The van der Waals surface area contributed by atoms with E-state index in [0.29, 0.717) is 5.88 Å². The minimum Gasteiger partial charge on any atom is -0.474 e. The van der Waals surface area contributed by atoms with Gasteiger partial charge in [-0.3, -0.25) is 0 Å². The molecule has 5 nitrogen and oxygen atoms in total. The van der Waals surface area contributed by atoms with Gasteiger partial charge in [0.2, 0.25) is 5.88 Å². The van der Waals surface area contributed by atoms with E-state index in [1.54, 1.807) is 6.07 Å². The number of hydrogen-bond donors (Lipinski definition) is 1. The maximum Gasteiger partial charge on any atom is 0.404 e. The molecule has 0 spiro atoms. The van der Waals surface area contributed by atoms with Gasteiger partial charge in [0.05, 0.1) is 0 Å². The third-order valence-electron chi connectivity index (χ3n) is 1.44. The molecule has 0 aliphatic heterocycles. The number of nitrogens with two attached hydrogens (primary N) is 1. The highest BCUT2D eigenvalue weighted by Crippen LogP contribution is 2.05. The average molecular weight is 196 g/mol. The van der Waals surface area contributed by atoms with E-state index in [2.05, 4.69) is 9.72 Å². The minimum absolute atomic E-state index is 0.130. The first-order valence-corrected chi connectivity index (χ1v) is 4.17. The lowest BCUT2D eigenvalue weighted by molar-refractivity contribution is 0.132. The van der Waals surface area contributed by atoms with Crippen molar-refractivity contribution in [2.75, 3.05) is 13.2 Å². The molecule has 1 rings (SSSR count). The molecule has 1 heterocycles. The molecule has 1 aromatic heterocycles. The number of carbonyl (C=O) groups excluding carboxylic acids is 1. The zero-order valence-electron chi connectivity index (χ0n) is 7.90. The van der Waals surface area contributed by atoms with Crippen molar-refractivity contribution in [3.63, 3.8) is 0 Å². The quantitative estimate of drug-likeness (QED) is 0.725. The van der Waals surface area contributed by atoms with E-state index in [1.165, 1.54) is 0 Å². The van der Waals surface area contributed by atoms with E-state index in [0.717, 1.165) is 5.69 Å². The van der Waals surface area contributed by atoms with Crippen LogP contribution in [0.25, 0.3) is 0 Å². The van der Waals surface area contributed by atoms with Crippen molar-refractivity contribution in [3.05, 3.63) is 23.9 Å². The van der Waals surface area contributed by atoms with E-state index < -0.39 is 6.09 Å². The van der Waals surface area contributed by atoms with Gasteiger partial charge in [-0.15, -0.1) is 0 Å². The summed E-state index contributed by atoms with van der Waals surface area (Å²) < 4.78 is 9.67. The summed E-state index contributed by atoms with van der Waals surface area (Å²) in [5.41, 5.74) is 5.64. The van der Waals surface area contributed by atoms with Crippen LogP contribution in [0.1, 0.15) is 5.69 Å². The molecule has 0 fully saturated rings. The number of hydrogen-bond acceptors (Lipinski definition) is 4. The molecule has 0 aliphatic carbocycles. The number of ether oxygens (including phenoxy) is 2. The predicted octanol–water partition coefficient (Wildman–Crippen LogP) is 0.864. The van der Waals surface area contributed by atoms with Crippen molar-refractivity contribution in [1.82, 2.24) is 4.98 Å². The zero-order valence-corrected chi connectivity index (χ0v) is 7.90. The Balaban J connectivity index is 2.28. The topological polar surface area (TPSA) is 74.4 Å². The first kappa shape index (κ1) is 10.3. The van der Waals surface area contributed by atoms with Crippen LogP contribution >= 0.6 is 0 Å². The zero-order chi connectivity index (χ0) is 10.4. The number of pyridine rings is 1. The largest absolute Gasteiger partial charge is 0.474 e.